The number of fused-ring (bicyclic) bond motifs is 2. The molecule has 8 unspecified atom stereocenters. The molecule has 6 heteroatoms. The molecular formula is C25H24O6. The van der Waals surface area contributed by atoms with Crippen LogP contribution in [0.2, 0.25) is 0 Å². The Bertz CT molecular complexity index is 917. The summed E-state index contributed by atoms with van der Waals surface area (Å²) in [4.78, 5) is 26.2. The third-order valence-electron chi connectivity index (χ3n) is 6.78. The summed E-state index contributed by atoms with van der Waals surface area (Å²) >= 11 is 0. The Morgan fingerprint density at radius 3 is 1.61 bits per heavy atom. The first-order valence-electron chi connectivity index (χ1n) is 10.6. The molecule has 0 amide bonds. The lowest BCUT2D eigenvalue weighted by atomic mass is 9.65. The number of hydrogen-bond donors (Lipinski definition) is 2. The van der Waals surface area contributed by atoms with E-state index in [1.165, 1.54) is 0 Å². The summed E-state index contributed by atoms with van der Waals surface area (Å²) in [6, 6.07) is 9.05. The molecule has 0 radical (unpaired) electrons. The van der Waals surface area contributed by atoms with Crippen LogP contribution >= 0.6 is 0 Å². The maximum atomic E-state index is 13.1. The van der Waals surface area contributed by atoms with Crippen LogP contribution in [0.15, 0.2) is 78.9 Å². The Kier molecular flexibility index (Phi) is 5.12. The standard InChI is InChI=1S/C25H24O6/c26-22-15-10-4-6-12-17(15)30-24(28)20(22)19(14-8-2-1-3-9-14)21-23(27)16-11-5-7-13-18(16)31-25(21)29/h1-13,15-23,26-27H. The normalized spacial score (nSPS) is 39.3. The van der Waals surface area contributed by atoms with Gasteiger partial charge in [-0.1, -0.05) is 66.8 Å². The molecule has 2 heterocycles. The van der Waals surface area contributed by atoms with E-state index in [1.807, 2.05) is 42.5 Å². The lowest BCUT2D eigenvalue weighted by molar-refractivity contribution is -0.186. The van der Waals surface area contributed by atoms with E-state index in [0.717, 1.165) is 0 Å². The first-order valence-corrected chi connectivity index (χ1v) is 10.6. The zero-order valence-corrected chi connectivity index (χ0v) is 16.7. The van der Waals surface area contributed by atoms with Crippen molar-refractivity contribution < 1.29 is 29.3 Å². The monoisotopic (exact) mass is 420 g/mol. The number of rotatable bonds is 3. The van der Waals surface area contributed by atoms with E-state index in [9.17, 15) is 19.8 Å². The molecule has 0 bridgehead atoms. The van der Waals surface area contributed by atoms with E-state index in [-0.39, 0.29) is 0 Å². The van der Waals surface area contributed by atoms with Crippen LogP contribution in [-0.2, 0) is 19.1 Å². The van der Waals surface area contributed by atoms with Crippen LogP contribution in [0.1, 0.15) is 11.5 Å². The van der Waals surface area contributed by atoms with Gasteiger partial charge in [-0.3, -0.25) is 9.59 Å². The number of aliphatic hydroxyl groups is 2. The molecule has 160 valence electrons. The van der Waals surface area contributed by atoms with Gasteiger partial charge in [-0.05, 0) is 17.7 Å². The van der Waals surface area contributed by atoms with E-state index in [0.29, 0.717) is 5.56 Å². The summed E-state index contributed by atoms with van der Waals surface area (Å²) in [6.07, 6.45) is 11.1. The van der Waals surface area contributed by atoms with Crippen molar-refractivity contribution in [2.75, 3.05) is 0 Å². The fourth-order valence-corrected chi connectivity index (χ4v) is 5.27. The lowest BCUT2D eigenvalue weighted by Crippen LogP contribution is -2.56. The zero-order chi connectivity index (χ0) is 21.5. The van der Waals surface area contributed by atoms with Gasteiger partial charge >= 0.3 is 11.9 Å². The summed E-state index contributed by atoms with van der Waals surface area (Å²) in [6.45, 7) is 0. The first kappa shape index (κ1) is 20.0. The zero-order valence-electron chi connectivity index (χ0n) is 16.7. The molecule has 2 N–H and O–H groups in total. The van der Waals surface area contributed by atoms with Crippen LogP contribution in [0, 0.1) is 23.7 Å². The van der Waals surface area contributed by atoms with Crippen molar-refractivity contribution in [1.29, 1.82) is 0 Å². The van der Waals surface area contributed by atoms with Gasteiger partial charge in [0, 0.05) is 17.8 Å². The third kappa shape index (κ3) is 3.36. The smallest absolute Gasteiger partial charge is 0.312 e. The fraction of sp³-hybridized carbons (Fsp3) is 0.360. The summed E-state index contributed by atoms with van der Waals surface area (Å²) in [5, 5.41) is 22.5. The molecule has 1 aromatic rings. The van der Waals surface area contributed by atoms with Gasteiger partial charge in [0.05, 0.1) is 24.0 Å². The second-order valence-electron chi connectivity index (χ2n) is 8.47. The van der Waals surface area contributed by atoms with E-state index < -0.39 is 65.9 Å². The number of carbonyl (C=O) groups is 2. The molecule has 5 rings (SSSR count). The quantitative estimate of drug-likeness (QED) is 0.728. The summed E-state index contributed by atoms with van der Waals surface area (Å²) in [7, 11) is 0. The fourth-order valence-electron chi connectivity index (χ4n) is 5.27. The first-order chi connectivity index (χ1) is 15.1. The van der Waals surface area contributed by atoms with Crippen molar-refractivity contribution in [3.8, 4) is 0 Å². The predicted molar refractivity (Wildman–Crippen MR) is 111 cm³/mol. The number of esters is 2. The number of hydrogen-bond acceptors (Lipinski definition) is 6. The minimum atomic E-state index is -1.07. The maximum Gasteiger partial charge on any atom is 0.312 e. The van der Waals surface area contributed by atoms with Crippen molar-refractivity contribution in [1.82, 2.24) is 0 Å². The third-order valence-corrected chi connectivity index (χ3v) is 6.78. The SMILES string of the molecule is O=C1OC2C=CC=CC2C(O)C1C(c1ccccc1)C1C(=O)OC2C=CC=CC2C1O. The second kappa shape index (κ2) is 7.94. The number of carbonyl (C=O) groups excluding carboxylic acids is 2. The summed E-state index contributed by atoms with van der Waals surface area (Å²) in [5.41, 5.74) is 0.673. The molecule has 8 atom stereocenters. The molecular weight excluding hydrogens is 396 g/mol. The van der Waals surface area contributed by atoms with E-state index in [4.69, 9.17) is 9.47 Å². The Balaban J connectivity index is 1.57. The highest BCUT2D eigenvalue weighted by atomic mass is 16.6. The van der Waals surface area contributed by atoms with Gasteiger partial charge in [0.15, 0.2) is 0 Å². The average Bonchev–Trinajstić information content (AvgIpc) is 2.78. The minimum absolute atomic E-state index is 0.416. The molecule has 31 heavy (non-hydrogen) atoms. The Morgan fingerprint density at radius 1 is 0.677 bits per heavy atom. The molecule has 0 aromatic heterocycles. The molecule has 2 aliphatic heterocycles. The molecule has 0 saturated carbocycles. The molecule has 1 aromatic carbocycles. The Morgan fingerprint density at radius 2 is 1.13 bits per heavy atom. The molecule has 4 aliphatic rings. The molecule has 0 spiro atoms. The molecule has 2 aliphatic carbocycles. The Hall–Kier alpha value is -2.96. The van der Waals surface area contributed by atoms with Crippen molar-refractivity contribution in [3.05, 3.63) is 84.5 Å². The van der Waals surface area contributed by atoms with Gasteiger partial charge < -0.3 is 19.7 Å². The van der Waals surface area contributed by atoms with Crippen LogP contribution in [-0.4, -0.2) is 46.6 Å². The topological polar surface area (TPSA) is 93.1 Å². The number of aliphatic hydroxyl groups excluding tert-OH is 2. The number of ether oxygens (including phenoxy) is 2. The largest absolute Gasteiger partial charge is 0.457 e. The van der Waals surface area contributed by atoms with E-state index >= 15 is 0 Å². The summed E-state index contributed by atoms with van der Waals surface area (Å²) < 4.78 is 11.3. The maximum absolute atomic E-state index is 13.1. The minimum Gasteiger partial charge on any atom is -0.457 e. The number of allylic oxidation sites excluding steroid dienone is 4. The van der Waals surface area contributed by atoms with Crippen LogP contribution in [0.3, 0.4) is 0 Å². The van der Waals surface area contributed by atoms with Crippen LogP contribution in [0.4, 0.5) is 0 Å². The van der Waals surface area contributed by atoms with Gasteiger partial charge in [-0.25, -0.2) is 0 Å². The van der Waals surface area contributed by atoms with E-state index in [2.05, 4.69) is 0 Å². The molecule has 2 saturated heterocycles. The average molecular weight is 420 g/mol. The molecule has 6 nitrogen and oxygen atoms in total. The van der Waals surface area contributed by atoms with Crippen LogP contribution < -0.4 is 0 Å². The van der Waals surface area contributed by atoms with Gasteiger partial charge in [0.1, 0.15) is 12.2 Å². The highest BCUT2D eigenvalue weighted by Gasteiger charge is 2.55. The highest BCUT2D eigenvalue weighted by Crippen LogP contribution is 2.46. The Labute approximate surface area is 180 Å². The van der Waals surface area contributed by atoms with Crippen LogP contribution in [0.5, 0.6) is 0 Å². The van der Waals surface area contributed by atoms with Crippen molar-refractivity contribution in [3.63, 3.8) is 0 Å². The number of benzene rings is 1. The van der Waals surface area contributed by atoms with Gasteiger partial charge in [0.2, 0.25) is 0 Å². The van der Waals surface area contributed by atoms with Crippen molar-refractivity contribution >= 4 is 11.9 Å². The second-order valence-corrected chi connectivity index (χ2v) is 8.47. The molecule has 2 fully saturated rings. The van der Waals surface area contributed by atoms with Gasteiger partial charge in [-0.15, -0.1) is 0 Å². The van der Waals surface area contributed by atoms with Crippen molar-refractivity contribution in [2.45, 2.75) is 30.3 Å². The van der Waals surface area contributed by atoms with E-state index in [1.54, 1.807) is 36.4 Å². The highest BCUT2D eigenvalue weighted by molar-refractivity contribution is 5.81. The predicted octanol–water partition coefficient (Wildman–Crippen LogP) is 2.06. The van der Waals surface area contributed by atoms with Gasteiger partial charge in [0.25, 0.3) is 0 Å². The summed E-state index contributed by atoms with van der Waals surface area (Å²) in [5.74, 6) is -4.83. The van der Waals surface area contributed by atoms with Crippen molar-refractivity contribution in [2.24, 2.45) is 23.7 Å². The van der Waals surface area contributed by atoms with Gasteiger partial charge in [-0.2, -0.15) is 0 Å². The lowest BCUT2D eigenvalue weighted by Gasteiger charge is -2.46. The van der Waals surface area contributed by atoms with Crippen LogP contribution in [0.25, 0.3) is 0 Å².